The zero-order chi connectivity index (χ0) is 10.9. The first kappa shape index (κ1) is 11.2. The van der Waals surface area contributed by atoms with E-state index in [1.54, 1.807) is 6.07 Å². The van der Waals surface area contributed by atoms with Gasteiger partial charge in [0.25, 0.3) is 0 Å². The molecule has 0 saturated carbocycles. The molecule has 3 nitrogen and oxygen atoms in total. The number of nitrogens with one attached hydrogen (secondary N) is 1. The maximum atomic E-state index is 10.2. The Morgan fingerprint density at radius 2 is 2.20 bits per heavy atom. The van der Waals surface area contributed by atoms with Crippen molar-refractivity contribution in [3.8, 4) is 11.8 Å². The number of rotatable bonds is 3. The molecule has 0 saturated heterocycles. The number of carbonyl (C=O) groups excluding carboxylic acids is 1. The fourth-order valence-electron chi connectivity index (χ4n) is 1.07. The summed E-state index contributed by atoms with van der Waals surface area (Å²) in [7, 11) is 1.88. The van der Waals surface area contributed by atoms with Crippen LogP contribution in [0.25, 0.3) is 0 Å². The summed E-state index contributed by atoms with van der Waals surface area (Å²) in [5.74, 6) is 5.97. The summed E-state index contributed by atoms with van der Waals surface area (Å²) in [5, 5.41) is 3.01. The molecule has 15 heavy (non-hydrogen) atoms. The average molecular weight is 200 g/mol. The zero-order valence-corrected chi connectivity index (χ0v) is 8.58. The van der Waals surface area contributed by atoms with Crippen molar-refractivity contribution in [2.75, 3.05) is 13.6 Å². The van der Waals surface area contributed by atoms with Crippen LogP contribution in [0, 0.1) is 11.8 Å². The van der Waals surface area contributed by atoms with E-state index in [1.807, 2.05) is 25.2 Å². The highest BCUT2D eigenvalue weighted by Crippen LogP contribution is 2.16. The molecule has 0 spiro atoms. The first-order valence-electron chi connectivity index (χ1n) is 4.69. The molecule has 76 valence electrons. The molecular formula is C12H12N2O. The van der Waals surface area contributed by atoms with Gasteiger partial charge in [0.1, 0.15) is 0 Å². The average Bonchev–Trinajstić information content (AvgIpc) is 2.27. The highest BCUT2D eigenvalue weighted by molar-refractivity contribution is 5.59. The summed E-state index contributed by atoms with van der Waals surface area (Å²) < 4.78 is 0. The summed E-state index contributed by atoms with van der Waals surface area (Å²) >= 11 is 0. The second-order valence-electron chi connectivity index (χ2n) is 2.88. The zero-order valence-electron chi connectivity index (χ0n) is 8.58. The fourth-order valence-corrected chi connectivity index (χ4v) is 1.07. The van der Waals surface area contributed by atoms with E-state index in [0.717, 1.165) is 18.5 Å². The van der Waals surface area contributed by atoms with Crippen LogP contribution in [0.5, 0.6) is 0 Å². The monoisotopic (exact) mass is 200 g/mol. The molecule has 1 aromatic rings. The molecule has 1 rings (SSSR count). The van der Waals surface area contributed by atoms with Crippen molar-refractivity contribution in [3.63, 3.8) is 0 Å². The Bertz CT molecular complexity index is 423. The van der Waals surface area contributed by atoms with Crippen LogP contribution in [0.15, 0.2) is 29.3 Å². The minimum atomic E-state index is 0.574. The fraction of sp³-hybridized carbons (Fsp3) is 0.250. The molecule has 0 radical (unpaired) electrons. The normalized spacial score (nSPS) is 8.60. The number of hydrogen-bond acceptors (Lipinski definition) is 3. The van der Waals surface area contributed by atoms with Crippen LogP contribution in [0.1, 0.15) is 12.0 Å². The molecule has 0 unspecified atom stereocenters. The van der Waals surface area contributed by atoms with Gasteiger partial charge in [0.05, 0.1) is 11.3 Å². The van der Waals surface area contributed by atoms with Gasteiger partial charge < -0.3 is 5.32 Å². The van der Waals surface area contributed by atoms with Gasteiger partial charge >= 0.3 is 0 Å². The van der Waals surface area contributed by atoms with Crippen LogP contribution < -0.4 is 5.32 Å². The van der Waals surface area contributed by atoms with Crippen molar-refractivity contribution in [1.82, 2.24) is 5.32 Å². The molecule has 0 aliphatic carbocycles. The van der Waals surface area contributed by atoms with E-state index in [9.17, 15) is 4.79 Å². The first-order chi connectivity index (χ1) is 7.38. The molecule has 0 aliphatic rings. The standard InChI is InChI=1S/C12H12N2O/c1-13-9-5-4-7-11-6-2-3-8-12(11)14-10-15/h2-3,6,8,13H,5,9H2,1H3. The lowest BCUT2D eigenvalue weighted by molar-refractivity contribution is 0.565. The van der Waals surface area contributed by atoms with Gasteiger partial charge in [-0.05, 0) is 19.2 Å². The summed E-state index contributed by atoms with van der Waals surface area (Å²) in [6, 6.07) is 7.26. The van der Waals surface area contributed by atoms with Crippen LogP contribution in [0.3, 0.4) is 0 Å². The second-order valence-corrected chi connectivity index (χ2v) is 2.88. The van der Waals surface area contributed by atoms with E-state index in [2.05, 4.69) is 22.2 Å². The van der Waals surface area contributed by atoms with Crippen LogP contribution >= 0.6 is 0 Å². The molecule has 1 aromatic carbocycles. The van der Waals surface area contributed by atoms with Gasteiger partial charge in [-0.2, -0.15) is 4.99 Å². The Kier molecular flexibility index (Phi) is 4.89. The van der Waals surface area contributed by atoms with Gasteiger partial charge in [-0.3, -0.25) is 0 Å². The third-order valence-electron chi connectivity index (χ3n) is 1.79. The van der Waals surface area contributed by atoms with Crippen LogP contribution in [0.4, 0.5) is 5.69 Å². The van der Waals surface area contributed by atoms with Crippen molar-refractivity contribution < 1.29 is 4.79 Å². The number of para-hydroxylation sites is 1. The first-order valence-corrected chi connectivity index (χ1v) is 4.69. The molecule has 0 aromatic heterocycles. The van der Waals surface area contributed by atoms with E-state index in [-0.39, 0.29) is 0 Å². The maximum absolute atomic E-state index is 10.2. The molecule has 0 heterocycles. The van der Waals surface area contributed by atoms with E-state index in [4.69, 9.17) is 0 Å². The highest BCUT2D eigenvalue weighted by atomic mass is 16.1. The number of aliphatic imine (C=N–C) groups is 1. The predicted molar refractivity (Wildman–Crippen MR) is 59.6 cm³/mol. The molecule has 0 amide bonds. The number of benzene rings is 1. The van der Waals surface area contributed by atoms with E-state index < -0.39 is 0 Å². The number of isocyanates is 1. The quantitative estimate of drug-likeness (QED) is 0.348. The van der Waals surface area contributed by atoms with Crippen LogP contribution in [-0.2, 0) is 4.79 Å². The van der Waals surface area contributed by atoms with E-state index in [0.29, 0.717) is 5.69 Å². The maximum Gasteiger partial charge on any atom is 0.240 e. The molecule has 0 aliphatic heterocycles. The third-order valence-corrected chi connectivity index (χ3v) is 1.79. The molecule has 1 N–H and O–H groups in total. The Hall–Kier alpha value is -1.88. The molecular weight excluding hydrogens is 188 g/mol. The lowest BCUT2D eigenvalue weighted by Gasteiger charge is -1.94. The van der Waals surface area contributed by atoms with Gasteiger partial charge in [-0.15, -0.1) is 0 Å². The van der Waals surface area contributed by atoms with E-state index in [1.165, 1.54) is 6.08 Å². The molecule has 0 atom stereocenters. The smallest absolute Gasteiger partial charge is 0.240 e. The van der Waals surface area contributed by atoms with Crippen molar-refractivity contribution in [2.45, 2.75) is 6.42 Å². The lowest BCUT2D eigenvalue weighted by Crippen LogP contribution is -2.05. The molecule has 0 bridgehead atoms. The minimum Gasteiger partial charge on any atom is -0.319 e. The van der Waals surface area contributed by atoms with Gasteiger partial charge in [-0.25, -0.2) is 4.79 Å². The van der Waals surface area contributed by atoms with Crippen molar-refractivity contribution in [3.05, 3.63) is 29.8 Å². The number of hydrogen-bond donors (Lipinski definition) is 1. The largest absolute Gasteiger partial charge is 0.319 e. The number of nitrogens with zero attached hydrogens (tertiary/aromatic N) is 1. The Morgan fingerprint density at radius 1 is 1.40 bits per heavy atom. The Labute approximate surface area is 89.2 Å². The van der Waals surface area contributed by atoms with Gasteiger partial charge in [0.15, 0.2) is 0 Å². The van der Waals surface area contributed by atoms with Gasteiger partial charge in [-0.1, -0.05) is 24.0 Å². The predicted octanol–water partition coefficient (Wildman–Crippen LogP) is 1.61. The van der Waals surface area contributed by atoms with Crippen molar-refractivity contribution in [1.29, 1.82) is 0 Å². The Balaban J connectivity index is 2.82. The Morgan fingerprint density at radius 3 is 2.93 bits per heavy atom. The second kappa shape index (κ2) is 6.56. The summed E-state index contributed by atoms with van der Waals surface area (Å²) in [4.78, 5) is 13.7. The lowest BCUT2D eigenvalue weighted by atomic mass is 10.2. The minimum absolute atomic E-state index is 0.574. The summed E-state index contributed by atoms with van der Waals surface area (Å²) in [5.41, 5.74) is 1.33. The van der Waals surface area contributed by atoms with Crippen molar-refractivity contribution >= 4 is 11.8 Å². The summed E-state index contributed by atoms with van der Waals surface area (Å²) in [6.45, 7) is 0.853. The van der Waals surface area contributed by atoms with Crippen molar-refractivity contribution in [2.24, 2.45) is 4.99 Å². The third kappa shape index (κ3) is 3.78. The van der Waals surface area contributed by atoms with Crippen LogP contribution in [0.2, 0.25) is 0 Å². The molecule has 3 heteroatoms. The SMILES string of the molecule is CNCCC#Cc1ccccc1N=C=O. The van der Waals surface area contributed by atoms with Gasteiger partial charge in [0, 0.05) is 13.0 Å². The summed E-state index contributed by atoms with van der Waals surface area (Å²) in [6.07, 6.45) is 2.29. The highest BCUT2D eigenvalue weighted by Gasteiger charge is 1.94. The topological polar surface area (TPSA) is 41.5 Å². The van der Waals surface area contributed by atoms with E-state index >= 15 is 0 Å². The molecule has 0 fully saturated rings. The van der Waals surface area contributed by atoms with Crippen LogP contribution in [-0.4, -0.2) is 19.7 Å². The van der Waals surface area contributed by atoms with Gasteiger partial charge in [0.2, 0.25) is 6.08 Å².